The van der Waals surface area contributed by atoms with Gasteiger partial charge in [-0.05, 0) is 24.3 Å². The van der Waals surface area contributed by atoms with Gasteiger partial charge in [-0.25, -0.2) is 0 Å². The maximum atomic E-state index is 12.2. The lowest BCUT2D eigenvalue weighted by atomic mass is 9.97. The third kappa shape index (κ3) is 7.28. The molecule has 128 valence electrons. The third-order valence-corrected chi connectivity index (χ3v) is 3.63. The maximum absolute atomic E-state index is 12.2. The molecule has 3 N–H and O–H groups in total. The molecule has 0 bridgehead atoms. The van der Waals surface area contributed by atoms with Gasteiger partial charge in [-0.1, -0.05) is 57.5 Å². The van der Waals surface area contributed by atoms with Gasteiger partial charge in [-0.3, -0.25) is 14.9 Å². The number of carboxylic acid groups (broad SMARTS) is 1. The molecule has 0 heterocycles. The summed E-state index contributed by atoms with van der Waals surface area (Å²) in [5, 5.41) is 14.9. The minimum absolute atomic E-state index is 0.0123. The van der Waals surface area contributed by atoms with Crippen LogP contribution in [0.4, 0.5) is 0 Å². The van der Waals surface area contributed by atoms with Gasteiger partial charge < -0.3 is 10.4 Å². The molecule has 1 amide bonds. The van der Waals surface area contributed by atoms with E-state index in [-0.39, 0.29) is 18.5 Å². The topological polar surface area (TPSA) is 78.4 Å². The van der Waals surface area contributed by atoms with Gasteiger partial charge in [0.1, 0.15) is 6.04 Å². The number of carbonyl (C=O) groups is 2. The van der Waals surface area contributed by atoms with E-state index in [1.165, 1.54) is 0 Å². The summed E-state index contributed by atoms with van der Waals surface area (Å²) in [5.74, 6) is -0.649. The normalized spacial score (nSPS) is 13.6. The summed E-state index contributed by atoms with van der Waals surface area (Å²) in [6, 6.07) is 9.12. The van der Waals surface area contributed by atoms with Crippen molar-refractivity contribution >= 4 is 11.9 Å². The fourth-order valence-corrected chi connectivity index (χ4v) is 2.50. The quantitative estimate of drug-likeness (QED) is 0.619. The molecule has 0 aromatic heterocycles. The van der Waals surface area contributed by atoms with Crippen LogP contribution in [0.1, 0.15) is 51.6 Å². The van der Waals surface area contributed by atoms with Crippen molar-refractivity contribution in [3.05, 3.63) is 35.9 Å². The molecular weight excluding hydrogens is 292 g/mol. The van der Waals surface area contributed by atoms with Crippen LogP contribution >= 0.6 is 0 Å². The van der Waals surface area contributed by atoms with E-state index in [1.807, 2.05) is 37.3 Å². The second kappa shape index (κ2) is 10.0. The fraction of sp³-hybridized carbons (Fsp3) is 0.556. The van der Waals surface area contributed by atoms with Crippen LogP contribution in [0.15, 0.2) is 30.3 Å². The molecule has 2 unspecified atom stereocenters. The highest BCUT2D eigenvalue weighted by Gasteiger charge is 2.19. The first kappa shape index (κ1) is 19.2. The number of amides is 1. The van der Waals surface area contributed by atoms with Crippen molar-refractivity contribution in [3.63, 3.8) is 0 Å². The van der Waals surface area contributed by atoms with E-state index in [0.717, 1.165) is 18.4 Å². The Labute approximate surface area is 138 Å². The van der Waals surface area contributed by atoms with Crippen molar-refractivity contribution in [2.45, 2.75) is 52.1 Å². The first-order valence-electron chi connectivity index (χ1n) is 8.24. The molecule has 0 aliphatic rings. The Morgan fingerprint density at radius 3 is 2.35 bits per heavy atom. The van der Waals surface area contributed by atoms with Gasteiger partial charge in [-0.2, -0.15) is 0 Å². The molecule has 5 heteroatoms. The van der Waals surface area contributed by atoms with Crippen molar-refractivity contribution < 1.29 is 14.7 Å². The smallest absolute Gasteiger partial charge is 0.320 e. The average molecular weight is 320 g/mol. The summed E-state index contributed by atoms with van der Waals surface area (Å²) in [5.41, 5.74) is 1.07. The summed E-state index contributed by atoms with van der Waals surface area (Å²) < 4.78 is 0. The maximum Gasteiger partial charge on any atom is 0.320 e. The van der Waals surface area contributed by atoms with E-state index in [4.69, 9.17) is 5.11 Å². The first-order chi connectivity index (χ1) is 10.9. The van der Waals surface area contributed by atoms with Crippen LogP contribution in [0.3, 0.4) is 0 Å². The van der Waals surface area contributed by atoms with Gasteiger partial charge in [0.05, 0.1) is 12.6 Å². The third-order valence-electron chi connectivity index (χ3n) is 3.63. The van der Waals surface area contributed by atoms with Crippen molar-refractivity contribution in [1.29, 1.82) is 0 Å². The Kier molecular flexibility index (Phi) is 8.33. The standard InChI is InChI=1S/C18H28N2O3/c1-4-8-15(18(22)23)19-12-17(21)20-16(11-13(2)3)14-9-6-5-7-10-14/h5-7,9-10,13,15-16,19H,4,8,11-12H2,1-3H3,(H,20,21)(H,22,23). The zero-order valence-electron chi connectivity index (χ0n) is 14.2. The first-order valence-corrected chi connectivity index (χ1v) is 8.24. The Balaban J connectivity index is 2.61. The average Bonchev–Trinajstić information content (AvgIpc) is 2.51. The molecule has 1 aromatic rings. The lowest BCUT2D eigenvalue weighted by molar-refractivity contribution is -0.139. The molecule has 0 aliphatic carbocycles. The second-order valence-electron chi connectivity index (χ2n) is 6.22. The van der Waals surface area contributed by atoms with Gasteiger partial charge >= 0.3 is 5.97 Å². The van der Waals surface area contributed by atoms with Crippen LogP contribution in [0.5, 0.6) is 0 Å². The second-order valence-corrected chi connectivity index (χ2v) is 6.22. The lowest BCUT2D eigenvalue weighted by Gasteiger charge is -2.22. The van der Waals surface area contributed by atoms with E-state index in [1.54, 1.807) is 0 Å². The van der Waals surface area contributed by atoms with E-state index in [9.17, 15) is 9.59 Å². The van der Waals surface area contributed by atoms with Gasteiger partial charge in [0.25, 0.3) is 0 Å². The largest absolute Gasteiger partial charge is 0.480 e. The SMILES string of the molecule is CCCC(NCC(=O)NC(CC(C)C)c1ccccc1)C(=O)O. The Bertz CT molecular complexity index is 488. The minimum atomic E-state index is -0.915. The predicted octanol–water partition coefficient (Wildman–Crippen LogP) is 2.73. The molecule has 0 saturated heterocycles. The summed E-state index contributed by atoms with van der Waals surface area (Å²) in [6.45, 7) is 6.16. The van der Waals surface area contributed by atoms with Gasteiger partial charge in [0.2, 0.25) is 5.91 Å². The van der Waals surface area contributed by atoms with Crippen LogP contribution in [0, 0.1) is 5.92 Å². The van der Waals surface area contributed by atoms with E-state index >= 15 is 0 Å². The van der Waals surface area contributed by atoms with Crippen LogP contribution < -0.4 is 10.6 Å². The molecule has 23 heavy (non-hydrogen) atoms. The molecular formula is C18H28N2O3. The molecule has 0 fully saturated rings. The number of hydrogen-bond acceptors (Lipinski definition) is 3. The zero-order chi connectivity index (χ0) is 17.2. The summed E-state index contributed by atoms with van der Waals surface area (Å²) in [7, 11) is 0. The number of benzene rings is 1. The number of rotatable bonds is 10. The molecule has 1 aromatic carbocycles. The zero-order valence-corrected chi connectivity index (χ0v) is 14.2. The number of nitrogens with one attached hydrogen (secondary N) is 2. The lowest BCUT2D eigenvalue weighted by Crippen LogP contribution is -2.44. The Morgan fingerprint density at radius 1 is 1.17 bits per heavy atom. The van der Waals surface area contributed by atoms with Crippen molar-refractivity contribution in [2.75, 3.05) is 6.54 Å². The number of aliphatic carboxylic acids is 1. The van der Waals surface area contributed by atoms with E-state index in [2.05, 4.69) is 24.5 Å². The van der Waals surface area contributed by atoms with Gasteiger partial charge in [0.15, 0.2) is 0 Å². The molecule has 2 atom stereocenters. The van der Waals surface area contributed by atoms with Crippen LogP contribution in [-0.2, 0) is 9.59 Å². The van der Waals surface area contributed by atoms with Crippen LogP contribution in [-0.4, -0.2) is 29.6 Å². The fourth-order valence-electron chi connectivity index (χ4n) is 2.50. The molecule has 0 spiro atoms. The molecule has 0 aliphatic heterocycles. The monoisotopic (exact) mass is 320 g/mol. The van der Waals surface area contributed by atoms with Crippen molar-refractivity contribution in [1.82, 2.24) is 10.6 Å². The number of carbonyl (C=O) groups excluding carboxylic acids is 1. The highest BCUT2D eigenvalue weighted by Crippen LogP contribution is 2.20. The molecule has 0 radical (unpaired) electrons. The van der Waals surface area contributed by atoms with Gasteiger partial charge in [0, 0.05) is 0 Å². The summed E-state index contributed by atoms with van der Waals surface area (Å²) >= 11 is 0. The van der Waals surface area contributed by atoms with E-state index in [0.29, 0.717) is 12.3 Å². The van der Waals surface area contributed by atoms with E-state index < -0.39 is 12.0 Å². The summed E-state index contributed by atoms with van der Waals surface area (Å²) in [6.07, 6.45) is 2.11. The number of hydrogen-bond donors (Lipinski definition) is 3. The van der Waals surface area contributed by atoms with Crippen LogP contribution in [0.2, 0.25) is 0 Å². The van der Waals surface area contributed by atoms with Gasteiger partial charge in [-0.15, -0.1) is 0 Å². The van der Waals surface area contributed by atoms with Crippen LogP contribution in [0.25, 0.3) is 0 Å². The molecule has 1 rings (SSSR count). The molecule has 5 nitrogen and oxygen atoms in total. The molecule has 0 saturated carbocycles. The predicted molar refractivity (Wildman–Crippen MR) is 91.1 cm³/mol. The highest BCUT2D eigenvalue weighted by atomic mass is 16.4. The van der Waals surface area contributed by atoms with Crippen molar-refractivity contribution in [3.8, 4) is 0 Å². The van der Waals surface area contributed by atoms with Crippen molar-refractivity contribution in [2.24, 2.45) is 5.92 Å². The highest BCUT2D eigenvalue weighted by molar-refractivity contribution is 5.80. The minimum Gasteiger partial charge on any atom is -0.480 e. The summed E-state index contributed by atoms with van der Waals surface area (Å²) in [4.78, 5) is 23.3. The Hall–Kier alpha value is -1.88. The number of carboxylic acids is 1. The Morgan fingerprint density at radius 2 is 1.83 bits per heavy atom.